The number of carbonyl (C=O) groups is 1. The Labute approximate surface area is 106 Å². The van der Waals surface area contributed by atoms with Crippen LogP contribution in [0.1, 0.15) is 19.3 Å². The van der Waals surface area contributed by atoms with Gasteiger partial charge in [-0.3, -0.25) is 0 Å². The minimum atomic E-state index is -4.00. The van der Waals surface area contributed by atoms with Gasteiger partial charge < -0.3 is 9.50 Å². The summed E-state index contributed by atoms with van der Waals surface area (Å²) >= 11 is 0. The molecule has 0 saturated carbocycles. The Bertz CT molecular complexity index is 506. The lowest BCUT2D eigenvalue weighted by Gasteiger charge is -2.21. The molecule has 1 aliphatic heterocycles. The summed E-state index contributed by atoms with van der Waals surface area (Å²) in [4.78, 5) is 11.7. The van der Waals surface area contributed by atoms with Crippen LogP contribution >= 0.6 is 0 Å². The second-order valence-electron chi connectivity index (χ2n) is 4.17. The smallest absolute Gasteiger partial charge is 0.341 e. The molecule has 0 amide bonds. The molecule has 1 aromatic rings. The minimum absolute atomic E-state index is 0.00541. The number of carbonyl (C=O) groups excluding carboxylic acids is 1. The zero-order valence-corrected chi connectivity index (χ0v) is 10.7. The van der Waals surface area contributed by atoms with E-state index in [1.54, 1.807) is 18.2 Å². The highest BCUT2D eigenvalue weighted by Gasteiger charge is 2.27. The largest absolute Gasteiger partial charge is 0.341 e. The molecule has 98 valence electrons. The molecule has 1 unspecified atom stereocenters. The van der Waals surface area contributed by atoms with Gasteiger partial charge in [-0.05, 0) is 31.5 Å². The topological polar surface area (TPSA) is 72.5 Å². The van der Waals surface area contributed by atoms with E-state index in [9.17, 15) is 13.2 Å². The van der Waals surface area contributed by atoms with E-state index in [2.05, 4.69) is 9.50 Å². The van der Waals surface area contributed by atoms with Crippen molar-refractivity contribution in [2.75, 3.05) is 6.54 Å². The Kier molecular flexibility index (Phi) is 3.98. The van der Waals surface area contributed by atoms with Gasteiger partial charge in [0.15, 0.2) is 0 Å². The number of nitrogens with one attached hydrogen (secondary N) is 1. The van der Waals surface area contributed by atoms with E-state index in [1.165, 1.54) is 12.1 Å². The summed E-state index contributed by atoms with van der Waals surface area (Å²) < 4.78 is 28.3. The summed E-state index contributed by atoms with van der Waals surface area (Å²) in [6.45, 7) is 0.713. The van der Waals surface area contributed by atoms with Crippen molar-refractivity contribution >= 4 is 16.1 Å². The first kappa shape index (κ1) is 13.0. The molecule has 2 rings (SSSR count). The highest BCUT2D eigenvalue weighted by atomic mass is 32.2. The van der Waals surface area contributed by atoms with Crippen molar-refractivity contribution < 1.29 is 17.4 Å². The van der Waals surface area contributed by atoms with Gasteiger partial charge in [0.2, 0.25) is 0 Å². The number of benzene rings is 1. The van der Waals surface area contributed by atoms with E-state index >= 15 is 0 Å². The molecule has 0 radical (unpaired) electrons. The monoisotopic (exact) mass is 269 g/mol. The van der Waals surface area contributed by atoms with E-state index < -0.39 is 22.1 Å². The summed E-state index contributed by atoms with van der Waals surface area (Å²) in [7, 11) is -4.00. The van der Waals surface area contributed by atoms with Gasteiger partial charge in [0, 0.05) is 0 Å². The summed E-state index contributed by atoms with van der Waals surface area (Å²) in [6, 6.07) is 7.15. The average Bonchev–Trinajstić information content (AvgIpc) is 2.40. The van der Waals surface area contributed by atoms with Gasteiger partial charge in [0.05, 0.1) is 0 Å². The molecule has 1 fully saturated rings. The molecular formula is C12H15NO4S. The Hall–Kier alpha value is -1.40. The number of hydrogen-bond donors (Lipinski definition) is 1. The third kappa shape index (κ3) is 3.08. The molecule has 1 aromatic carbocycles. The average molecular weight is 269 g/mol. The van der Waals surface area contributed by atoms with E-state index in [0.29, 0.717) is 13.0 Å². The second-order valence-corrected chi connectivity index (χ2v) is 5.72. The summed E-state index contributed by atoms with van der Waals surface area (Å²) in [5.41, 5.74) is 0. The van der Waals surface area contributed by atoms with Gasteiger partial charge in [0.25, 0.3) is 0 Å². The fourth-order valence-electron chi connectivity index (χ4n) is 1.85. The molecule has 0 aromatic heterocycles. The summed E-state index contributed by atoms with van der Waals surface area (Å²) in [5, 5.41) is 2.95. The minimum Gasteiger partial charge on any atom is -0.341 e. The van der Waals surface area contributed by atoms with Crippen molar-refractivity contribution in [3.63, 3.8) is 0 Å². The quantitative estimate of drug-likeness (QED) is 0.831. The van der Waals surface area contributed by atoms with Crippen LogP contribution in [0.5, 0.6) is 0 Å². The molecule has 0 aliphatic carbocycles. The van der Waals surface area contributed by atoms with Crippen LogP contribution in [-0.4, -0.2) is 27.0 Å². The van der Waals surface area contributed by atoms with Crippen LogP contribution in [0.2, 0.25) is 0 Å². The van der Waals surface area contributed by atoms with Gasteiger partial charge in [0.1, 0.15) is 10.9 Å². The van der Waals surface area contributed by atoms with Gasteiger partial charge in [-0.15, -0.1) is 0 Å². The first-order valence-corrected chi connectivity index (χ1v) is 7.27. The molecule has 1 atom stereocenters. The molecular weight excluding hydrogens is 254 g/mol. The van der Waals surface area contributed by atoms with Gasteiger partial charge in [-0.25, -0.2) is 4.79 Å². The molecule has 1 saturated heterocycles. The third-order valence-electron chi connectivity index (χ3n) is 2.82. The van der Waals surface area contributed by atoms with Crippen molar-refractivity contribution in [2.24, 2.45) is 0 Å². The van der Waals surface area contributed by atoms with Crippen molar-refractivity contribution in [2.45, 2.75) is 30.2 Å². The predicted molar refractivity (Wildman–Crippen MR) is 65.4 cm³/mol. The van der Waals surface area contributed by atoms with Crippen LogP contribution in [0.25, 0.3) is 0 Å². The maximum absolute atomic E-state index is 11.8. The van der Waals surface area contributed by atoms with Gasteiger partial charge in [-0.1, -0.05) is 24.6 Å². The number of hydrogen-bond acceptors (Lipinski definition) is 5. The van der Waals surface area contributed by atoms with Crippen LogP contribution in [0, 0.1) is 0 Å². The van der Waals surface area contributed by atoms with Crippen LogP contribution < -0.4 is 5.32 Å². The van der Waals surface area contributed by atoms with Crippen LogP contribution in [0.15, 0.2) is 35.2 Å². The first-order valence-electron chi connectivity index (χ1n) is 5.86. The lowest BCUT2D eigenvalue weighted by molar-refractivity contribution is -0.136. The Balaban J connectivity index is 2.06. The molecule has 0 spiro atoms. The Morgan fingerprint density at radius 3 is 2.56 bits per heavy atom. The lowest BCUT2D eigenvalue weighted by atomic mass is 10.1. The number of rotatable bonds is 3. The van der Waals surface area contributed by atoms with Gasteiger partial charge >= 0.3 is 16.1 Å². The SMILES string of the molecule is O=C(OS(=O)(=O)c1ccccc1)C1CCCCN1. The predicted octanol–water partition coefficient (Wildman–Crippen LogP) is 1.06. The standard InChI is InChI=1S/C12H15NO4S/c14-12(11-8-4-5-9-13-11)17-18(15,16)10-6-2-1-3-7-10/h1-3,6-7,11,13H,4-5,8-9H2. The molecule has 6 heteroatoms. The third-order valence-corrected chi connectivity index (χ3v) is 4.05. The summed E-state index contributed by atoms with van der Waals surface area (Å²) in [6.07, 6.45) is 2.51. The Morgan fingerprint density at radius 2 is 1.94 bits per heavy atom. The molecule has 5 nitrogen and oxygen atoms in total. The zero-order chi connectivity index (χ0) is 13.0. The highest BCUT2D eigenvalue weighted by molar-refractivity contribution is 7.87. The maximum atomic E-state index is 11.8. The molecule has 1 N–H and O–H groups in total. The molecule has 1 aliphatic rings. The van der Waals surface area contributed by atoms with Crippen LogP contribution in [0.3, 0.4) is 0 Å². The van der Waals surface area contributed by atoms with E-state index in [0.717, 1.165) is 12.8 Å². The first-order chi connectivity index (χ1) is 8.59. The summed E-state index contributed by atoms with van der Waals surface area (Å²) in [5.74, 6) is -0.724. The molecule has 0 bridgehead atoms. The Morgan fingerprint density at radius 1 is 1.22 bits per heavy atom. The second kappa shape index (κ2) is 5.49. The molecule has 1 heterocycles. The normalized spacial score (nSPS) is 20.3. The maximum Gasteiger partial charge on any atom is 0.341 e. The lowest BCUT2D eigenvalue weighted by Crippen LogP contribution is -2.42. The van der Waals surface area contributed by atoms with Crippen molar-refractivity contribution in [3.8, 4) is 0 Å². The number of piperidine rings is 1. The fourth-order valence-corrected chi connectivity index (χ4v) is 2.77. The van der Waals surface area contributed by atoms with Crippen molar-refractivity contribution in [1.29, 1.82) is 0 Å². The highest BCUT2D eigenvalue weighted by Crippen LogP contribution is 2.15. The van der Waals surface area contributed by atoms with Crippen LogP contribution in [-0.2, 0) is 19.1 Å². The van der Waals surface area contributed by atoms with E-state index in [1.807, 2.05) is 0 Å². The van der Waals surface area contributed by atoms with Crippen LogP contribution in [0.4, 0.5) is 0 Å². The van der Waals surface area contributed by atoms with E-state index in [-0.39, 0.29) is 4.90 Å². The van der Waals surface area contributed by atoms with Crippen molar-refractivity contribution in [3.05, 3.63) is 30.3 Å². The zero-order valence-electron chi connectivity index (χ0n) is 9.83. The fraction of sp³-hybridized carbons (Fsp3) is 0.417. The van der Waals surface area contributed by atoms with Gasteiger partial charge in [-0.2, -0.15) is 8.42 Å². The van der Waals surface area contributed by atoms with E-state index in [4.69, 9.17) is 0 Å². The molecule has 18 heavy (non-hydrogen) atoms. The van der Waals surface area contributed by atoms with Crippen molar-refractivity contribution in [1.82, 2.24) is 5.32 Å².